The third kappa shape index (κ3) is 9.65. The fourth-order valence-corrected chi connectivity index (χ4v) is 4.39. The maximum absolute atomic E-state index is 12.8. The van der Waals surface area contributed by atoms with E-state index in [0.29, 0.717) is 19.4 Å². The van der Waals surface area contributed by atoms with Crippen LogP contribution in [-0.4, -0.2) is 52.7 Å². The molecule has 0 bridgehead atoms. The minimum atomic E-state index is -1.72. The molecular weight excluding hydrogens is 501 g/mol. The zero-order valence-electron chi connectivity index (χ0n) is 19.9. The number of hydrogen-bond acceptors (Lipinski definition) is 5. The minimum Gasteiger partial charge on any atom is -0.460 e. The molecule has 1 aliphatic rings. The predicted molar refractivity (Wildman–Crippen MR) is 135 cm³/mol. The van der Waals surface area contributed by atoms with Gasteiger partial charge >= 0.3 is 12.1 Å². The number of carbonyl (C=O) groups excluding carboxylic acids is 2. The van der Waals surface area contributed by atoms with Gasteiger partial charge in [0.15, 0.2) is 0 Å². The van der Waals surface area contributed by atoms with Crippen LogP contribution in [0.4, 0.5) is 4.79 Å². The quantitative estimate of drug-likeness (QED) is 0.141. The fraction of sp³-hybridized carbons (Fsp3) is 0.600. The smallest absolute Gasteiger partial charge is 0.410 e. The van der Waals surface area contributed by atoms with Crippen LogP contribution in [0.5, 0.6) is 0 Å². The number of benzene rings is 1. The minimum absolute atomic E-state index is 0.115. The Labute approximate surface area is 217 Å². The van der Waals surface area contributed by atoms with Crippen molar-refractivity contribution in [3.8, 4) is 0 Å². The lowest BCUT2D eigenvalue weighted by atomic mass is 9.95. The molecule has 1 aromatic rings. The van der Waals surface area contributed by atoms with Crippen LogP contribution in [0.3, 0.4) is 0 Å². The Morgan fingerprint density at radius 3 is 2.47 bits per heavy atom. The summed E-state index contributed by atoms with van der Waals surface area (Å²) in [4.78, 5) is 26.1. The summed E-state index contributed by atoms with van der Waals surface area (Å²) in [5.74, 6) is -0.532. The SMILES string of the molecule is CCCCC=CC[C@@H]1[C@@H](N(C)C(=O)OCC(Cl)(Cl)Cl)[C@H](OC(C)=O)C[C@@H]1OCc1ccccc1. The van der Waals surface area contributed by atoms with E-state index in [1.54, 1.807) is 7.05 Å². The highest BCUT2D eigenvalue weighted by Crippen LogP contribution is 2.38. The number of unbranched alkanes of at least 4 members (excludes halogenated alkanes) is 2. The van der Waals surface area contributed by atoms with Crippen molar-refractivity contribution in [1.82, 2.24) is 4.90 Å². The van der Waals surface area contributed by atoms with Gasteiger partial charge in [-0.25, -0.2) is 4.79 Å². The van der Waals surface area contributed by atoms with Crippen LogP contribution in [0.2, 0.25) is 0 Å². The lowest BCUT2D eigenvalue weighted by Crippen LogP contribution is -2.48. The monoisotopic (exact) mass is 533 g/mol. The average molecular weight is 535 g/mol. The number of rotatable bonds is 11. The molecule has 0 heterocycles. The average Bonchev–Trinajstić information content (AvgIpc) is 3.11. The Morgan fingerprint density at radius 2 is 1.85 bits per heavy atom. The van der Waals surface area contributed by atoms with Crippen LogP contribution in [0, 0.1) is 5.92 Å². The van der Waals surface area contributed by atoms with Crippen molar-refractivity contribution in [2.24, 2.45) is 5.92 Å². The number of allylic oxidation sites excluding steroid dienone is 2. The molecule has 1 aromatic carbocycles. The maximum Gasteiger partial charge on any atom is 0.410 e. The van der Waals surface area contributed by atoms with Crippen LogP contribution in [0.25, 0.3) is 0 Å². The van der Waals surface area contributed by atoms with Crippen molar-refractivity contribution in [1.29, 1.82) is 0 Å². The van der Waals surface area contributed by atoms with E-state index >= 15 is 0 Å². The van der Waals surface area contributed by atoms with Gasteiger partial charge < -0.3 is 19.1 Å². The number of nitrogens with zero attached hydrogens (tertiary/aromatic N) is 1. The Balaban J connectivity index is 2.23. The van der Waals surface area contributed by atoms with E-state index in [0.717, 1.165) is 24.8 Å². The van der Waals surface area contributed by atoms with E-state index in [9.17, 15) is 9.59 Å². The molecule has 0 aromatic heterocycles. The molecule has 1 saturated carbocycles. The molecule has 1 amide bonds. The topological polar surface area (TPSA) is 65.1 Å². The highest BCUT2D eigenvalue weighted by molar-refractivity contribution is 6.67. The standard InChI is InChI=1S/C25H34Cl3NO5/c1-4-5-6-7-11-14-20-21(32-16-19-12-9-8-10-13-19)15-22(34-18(2)30)23(20)29(3)24(31)33-17-25(26,27)28/h7-13,20-23H,4-6,14-17H2,1-3H3/t20-,21-,22+,23+/m0/s1. The maximum atomic E-state index is 12.8. The second-order valence-electron chi connectivity index (χ2n) is 8.50. The molecule has 0 spiro atoms. The molecule has 0 N–H and O–H groups in total. The lowest BCUT2D eigenvalue weighted by Gasteiger charge is -2.33. The second kappa shape index (κ2) is 14.2. The normalized spacial score (nSPS) is 22.6. The van der Waals surface area contributed by atoms with Crippen LogP contribution < -0.4 is 0 Å². The van der Waals surface area contributed by atoms with Gasteiger partial charge in [-0.3, -0.25) is 4.79 Å². The number of likely N-dealkylation sites (N-methyl/N-ethyl adjacent to an activating group) is 1. The third-order valence-corrected chi connectivity index (χ3v) is 6.11. The van der Waals surface area contributed by atoms with Gasteiger partial charge in [0.2, 0.25) is 3.79 Å². The Morgan fingerprint density at radius 1 is 1.15 bits per heavy atom. The van der Waals surface area contributed by atoms with Gasteiger partial charge in [0.1, 0.15) is 12.7 Å². The van der Waals surface area contributed by atoms with Gasteiger partial charge in [0, 0.05) is 26.3 Å². The highest BCUT2D eigenvalue weighted by atomic mass is 35.6. The van der Waals surface area contributed by atoms with Crippen LogP contribution in [-0.2, 0) is 25.6 Å². The summed E-state index contributed by atoms with van der Waals surface area (Å²) in [5, 5.41) is 0. The molecule has 2 rings (SSSR count). The lowest BCUT2D eigenvalue weighted by molar-refractivity contribution is -0.148. The summed E-state index contributed by atoms with van der Waals surface area (Å²) in [6, 6.07) is 9.41. The van der Waals surface area contributed by atoms with Crippen molar-refractivity contribution in [2.75, 3.05) is 13.7 Å². The Bertz CT molecular complexity index is 799. The first kappa shape index (κ1) is 28.8. The first-order chi connectivity index (χ1) is 16.1. The van der Waals surface area contributed by atoms with Crippen molar-refractivity contribution in [3.63, 3.8) is 0 Å². The first-order valence-corrected chi connectivity index (χ1v) is 12.7. The summed E-state index contributed by atoms with van der Waals surface area (Å²) >= 11 is 17.2. The largest absolute Gasteiger partial charge is 0.460 e. The van der Waals surface area contributed by atoms with Gasteiger partial charge in [-0.2, -0.15) is 0 Å². The van der Waals surface area contributed by atoms with Crippen LogP contribution >= 0.6 is 34.8 Å². The number of carbonyl (C=O) groups is 2. The van der Waals surface area contributed by atoms with E-state index in [-0.39, 0.29) is 18.6 Å². The van der Waals surface area contributed by atoms with Gasteiger partial charge in [0.25, 0.3) is 0 Å². The van der Waals surface area contributed by atoms with E-state index in [4.69, 9.17) is 49.0 Å². The first-order valence-electron chi connectivity index (χ1n) is 11.6. The van der Waals surface area contributed by atoms with Crippen LogP contribution in [0.1, 0.15) is 51.5 Å². The van der Waals surface area contributed by atoms with Crippen LogP contribution in [0.15, 0.2) is 42.5 Å². The highest BCUT2D eigenvalue weighted by Gasteiger charge is 2.49. The third-order valence-electron chi connectivity index (χ3n) is 5.78. The van der Waals surface area contributed by atoms with Gasteiger partial charge in [0.05, 0.1) is 18.8 Å². The molecular formula is C25H34Cl3NO5. The number of ether oxygens (including phenoxy) is 3. The zero-order chi connectivity index (χ0) is 25.1. The molecule has 4 atom stereocenters. The number of alkyl halides is 3. The number of hydrogen-bond donors (Lipinski definition) is 0. The van der Waals surface area contributed by atoms with E-state index in [1.807, 2.05) is 30.3 Å². The van der Waals surface area contributed by atoms with Crippen molar-refractivity contribution in [2.45, 2.75) is 74.6 Å². The number of esters is 1. The number of amides is 1. The molecule has 0 aliphatic heterocycles. The fourth-order valence-electron chi connectivity index (χ4n) is 4.23. The molecule has 1 aliphatic carbocycles. The van der Waals surface area contributed by atoms with Gasteiger partial charge in [-0.1, -0.05) is 97.1 Å². The summed E-state index contributed by atoms with van der Waals surface area (Å²) in [6.07, 6.45) is 7.17. The Hall–Kier alpha value is -1.47. The van der Waals surface area contributed by atoms with Crippen molar-refractivity contribution < 1.29 is 23.8 Å². The summed E-state index contributed by atoms with van der Waals surface area (Å²) in [5.41, 5.74) is 1.04. The summed E-state index contributed by atoms with van der Waals surface area (Å²) < 4.78 is 15.4. The van der Waals surface area contributed by atoms with Crippen molar-refractivity contribution in [3.05, 3.63) is 48.0 Å². The summed E-state index contributed by atoms with van der Waals surface area (Å²) in [7, 11) is 1.61. The van der Waals surface area contributed by atoms with E-state index in [2.05, 4.69) is 19.1 Å². The molecule has 34 heavy (non-hydrogen) atoms. The molecule has 6 nitrogen and oxygen atoms in total. The Kier molecular flexibility index (Phi) is 12.0. The molecule has 0 saturated heterocycles. The number of halogens is 3. The zero-order valence-corrected chi connectivity index (χ0v) is 22.2. The molecule has 190 valence electrons. The molecule has 0 unspecified atom stereocenters. The summed E-state index contributed by atoms with van der Waals surface area (Å²) in [6.45, 7) is 3.54. The van der Waals surface area contributed by atoms with Gasteiger partial charge in [-0.15, -0.1) is 0 Å². The van der Waals surface area contributed by atoms with Gasteiger partial charge in [-0.05, 0) is 18.4 Å². The van der Waals surface area contributed by atoms with E-state index < -0.39 is 28.0 Å². The second-order valence-corrected chi connectivity index (χ2v) is 11.0. The van der Waals surface area contributed by atoms with E-state index in [1.165, 1.54) is 11.8 Å². The molecule has 0 radical (unpaired) electrons. The van der Waals surface area contributed by atoms with Crippen molar-refractivity contribution >= 4 is 46.9 Å². The molecule has 1 fully saturated rings. The predicted octanol–water partition coefficient (Wildman–Crippen LogP) is 6.47. The molecule has 9 heteroatoms.